The van der Waals surface area contributed by atoms with Gasteiger partial charge in [0.15, 0.2) is 0 Å². The maximum atomic E-state index is 13.9. The Balaban J connectivity index is 1.83. The Labute approximate surface area is 276 Å². The van der Waals surface area contributed by atoms with Gasteiger partial charge in [0.2, 0.25) is 5.79 Å². The number of carbonyl (C=O) groups excluding carboxylic acids is 2. The van der Waals surface area contributed by atoms with E-state index >= 15 is 0 Å². The van der Waals surface area contributed by atoms with Crippen molar-refractivity contribution in [2.75, 3.05) is 27.9 Å². The number of hydrogen-bond acceptors (Lipinski definition) is 8. The van der Waals surface area contributed by atoms with Crippen LogP contribution in [0.2, 0.25) is 5.04 Å². The standard InChI is InChI=1S/C35H44BrNO7Si/c1-33(2,3)45(23-16-11-9-12-17-23,24-18-13-10-14-19-24)44-35-28(32(39)41-7)25(22-27(38)40-6)30(43-35)29(31(35)36)37-21-15-20-26(37)34(4,5)42-8/h9-14,16-19,22,26,28,30H,15,20-21H2,1-8H3/b25-22+/t26-,28+,30-,35-/m0/s1. The minimum Gasteiger partial charge on any atom is -0.468 e. The monoisotopic (exact) mass is 697 g/mol. The average molecular weight is 699 g/mol. The van der Waals surface area contributed by atoms with Crippen LogP contribution in [0.25, 0.3) is 0 Å². The van der Waals surface area contributed by atoms with Crippen LogP contribution in [-0.2, 0) is 33.0 Å². The van der Waals surface area contributed by atoms with Crippen LogP contribution in [0.1, 0.15) is 47.5 Å². The number of benzene rings is 2. The fourth-order valence-corrected chi connectivity index (χ4v) is 13.0. The first-order valence-electron chi connectivity index (χ1n) is 15.4. The fourth-order valence-electron chi connectivity index (χ4n) is 7.33. The van der Waals surface area contributed by atoms with Gasteiger partial charge in [0.25, 0.3) is 8.32 Å². The van der Waals surface area contributed by atoms with Crippen molar-refractivity contribution in [2.45, 2.75) is 76.0 Å². The summed E-state index contributed by atoms with van der Waals surface area (Å²) >= 11 is 3.98. The van der Waals surface area contributed by atoms with Crippen LogP contribution >= 0.6 is 15.9 Å². The van der Waals surface area contributed by atoms with Crippen molar-refractivity contribution in [3.8, 4) is 0 Å². The number of nitrogens with zero attached hydrogens (tertiary/aromatic N) is 1. The zero-order valence-electron chi connectivity index (χ0n) is 27.4. The number of likely N-dealkylation sites (tertiary alicyclic amines) is 1. The Kier molecular flexibility index (Phi) is 9.29. The van der Waals surface area contributed by atoms with E-state index < -0.39 is 48.7 Å². The van der Waals surface area contributed by atoms with Crippen LogP contribution in [-0.4, -0.2) is 76.6 Å². The van der Waals surface area contributed by atoms with Gasteiger partial charge in [-0.2, -0.15) is 0 Å². The van der Waals surface area contributed by atoms with Gasteiger partial charge >= 0.3 is 11.9 Å². The Bertz CT molecular complexity index is 1450. The molecule has 0 N–H and O–H groups in total. The molecule has 0 amide bonds. The van der Waals surface area contributed by atoms with Gasteiger partial charge in [0, 0.05) is 19.7 Å². The quantitative estimate of drug-likeness (QED) is 0.205. The maximum absolute atomic E-state index is 13.9. The zero-order valence-corrected chi connectivity index (χ0v) is 30.0. The zero-order chi connectivity index (χ0) is 32.8. The molecule has 0 unspecified atom stereocenters. The van der Waals surface area contributed by atoms with Gasteiger partial charge in [0.1, 0.15) is 12.0 Å². The first-order valence-corrected chi connectivity index (χ1v) is 18.1. The molecule has 3 heterocycles. The molecule has 45 heavy (non-hydrogen) atoms. The predicted molar refractivity (Wildman–Crippen MR) is 179 cm³/mol. The summed E-state index contributed by atoms with van der Waals surface area (Å²) in [4.78, 5) is 29.1. The number of esters is 2. The SMILES string of the molecule is COC(=O)/C=C1/[C@@H]2O[C@@](O[Si](c3ccccc3)(c3ccccc3)C(C)(C)C)(C(Br)=C2N2CCC[C@H]2C(C)(C)OC)[C@H]1C(=O)OC. The molecule has 10 heteroatoms. The summed E-state index contributed by atoms with van der Waals surface area (Å²) < 4.78 is 31.8. The highest BCUT2D eigenvalue weighted by Gasteiger charge is 2.70. The van der Waals surface area contributed by atoms with Crippen molar-refractivity contribution in [2.24, 2.45) is 5.92 Å². The summed E-state index contributed by atoms with van der Waals surface area (Å²) in [6, 6.07) is 20.4. The normalized spacial score (nSPS) is 26.1. The molecule has 3 aliphatic rings. The minimum absolute atomic E-state index is 0.0221. The van der Waals surface area contributed by atoms with Crippen LogP contribution in [0.4, 0.5) is 0 Å². The summed E-state index contributed by atoms with van der Waals surface area (Å²) in [5.41, 5.74) is 0.806. The van der Waals surface area contributed by atoms with E-state index in [4.69, 9.17) is 23.4 Å². The number of ether oxygens (including phenoxy) is 4. The molecule has 2 fully saturated rings. The second-order valence-corrected chi connectivity index (χ2v) is 18.4. The fraction of sp³-hybridized carbons (Fsp3) is 0.486. The van der Waals surface area contributed by atoms with Gasteiger partial charge in [-0.1, -0.05) is 81.4 Å². The molecule has 2 bridgehead atoms. The van der Waals surface area contributed by atoms with E-state index in [2.05, 4.69) is 79.7 Å². The Morgan fingerprint density at radius 2 is 1.53 bits per heavy atom. The van der Waals surface area contributed by atoms with Gasteiger partial charge in [-0.25, -0.2) is 4.79 Å². The highest BCUT2D eigenvalue weighted by Crippen LogP contribution is 2.60. The molecule has 2 aromatic carbocycles. The lowest BCUT2D eigenvalue weighted by Gasteiger charge is -2.49. The molecule has 0 saturated carbocycles. The van der Waals surface area contributed by atoms with Crippen molar-refractivity contribution >= 4 is 46.6 Å². The molecule has 2 saturated heterocycles. The first-order chi connectivity index (χ1) is 21.3. The van der Waals surface area contributed by atoms with Crippen molar-refractivity contribution < 1.29 is 33.0 Å². The summed E-state index contributed by atoms with van der Waals surface area (Å²) in [6.07, 6.45) is 2.48. The average Bonchev–Trinajstić information content (AvgIpc) is 3.71. The molecule has 4 atom stereocenters. The summed E-state index contributed by atoms with van der Waals surface area (Å²) in [6.45, 7) is 11.4. The molecule has 0 spiro atoms. The van der Waals surface area contributed by atoms with Crippen LogP contribution in [0, 0.1) is 5.92 Å². The van der Waals surface area contributed by atoms with Gasteiger partial charge in [-0.3, -0.25) is 4.79 Å². The second kappa shape index (κ2) is 12.4. The van der Waals surface area contributed by atoms with E-state index in [-0.39, 0.29) is 6.04 Å². The number of methoxy groups -OCH3 is 3. The smallest absolute Gasteiger partial charge is 0.330 e. The maximum Gasteiger partial charge on any atom is 0.330 e. The molecule has 0 aliphatic carbocycles. The molecule has 2 aromatic rings. The van der Waals surface area contributed by atoms with Crippen LogP contribution < -0.4 is 10.4 Å². The lowest BCUT2D eigenvalue weighted by atomic mass is 9.83. The van der Waals surface area contributed by atoms with Gasteiger partial charge < -0.3 is 28.3 Å². The molecular weight excluding hydrogens is 654 g/mol. The lowest BCUT2D eigenvalue weighted by molar-refractivity contribution is -0.173. The van der Waals surface area contributed by atoms with Gasteiger partial charge in [-0.05, 0) is 63.6 Å². The molecular formula is C35H44BrNO7Si. The van der Waals surface area contributed by atoms with E-state index in [0.29, 0.717) is 10.1 Å². The van der Waals surface area contributed by atoms with E-state index in [9.17, 15) is 9.59 Å². The number of hydrogen-bond donors (Lipinski definition) is 0. The first kappa shape index (κ1) is 33.6. The largest absolute Gasteiger partial charge is 0.468 e. The van der Waals surface area contributed by atoms with Crippen LogP contribution in [0.5, 0.6) is 0 Å². The van der Waals surface area contributed by atoms with Crippen LogP contribution in [0.15, 0.2) is 82.5 Å². The summed E-state index contributed by atoms with van der Waals surface area (Å²) in [5.74, 6) is -3.83. The third kappa shape index (κ3) is 5.42. The van der Waals surface area contributed by atoms with E-state index in [1.807, 2.05) is 36.4 Å². The van der Waals surface area contributed by atoms with E-state index in [1.165, 1.54) is 20.3 Å². The lowest BCUT2D eigenvalue weighted by Crippen LogP contribution is -2.70. The third-order valence-corrected chi connectivity index (χ3v) is 15.6. The van der Waals surface area contributed by atoms with E-state index in [1.54, 1.807) is 7.11 Å². The second-order valence-electron chi connectivity index (χ2n) is 13.4. The Morgan fingerprint density at radius 3 is 2.02 bits per heavy atom. The van der Waals surface area contributed by atoms with Crippen molar-refractivity contribution in [1.29, 1.82) is 0 Å². The number of carbonyl (C=O) groups is 2. The van der Waals surface area contributed by atoms with Crippen molar-refractivity contribution in [3.63, 3.8) is 0 Å². The summed E-state index contributed by atoms with van der Waals surface area (Å²) in [7, 11) is 1.07. The Morgan fingerprint density at radius 1 is 0.956 bits per heavy atom. The molecule has 242 valence electrons. The molecule has 0 aromatic heterocycles. The Hall–Kier alpha value is -2.76. The summed E-state index contributed by atoms with van der Waals surface area (Å²) in [5, 5.41) is 1.63. The van der Waals surface area contributed by atoms with Gasteiger partial charge in [0.05, 0.1) is 36.0 Å². The molecule has 0 radical (unpaired) electrons. The number of fused-ring (bicyclic) bond motifs is 2. The van der Waals surface area contributed by atoms with Crippen molar-refractivity contribution in [1.82, 2.24) is 4.90 Å². The van der Waals surface area contributed by atoms with Gasteiger partial charge in [-0.15, -0.1) is 0 Å². The predicted octanol–water partition coefficient (Wildman–Crippen LogP) is 5.06. The minimum atomic E-state index is -3.31. The third-order valence-electron chi connectivity index (χ3n) is 9.62. The topological polar surface area (TPSA) is 83.5 Å². The van der Waals surface area contributed by atoms with E-state index in [0.717, 1.165) is 35.5 Å². The molecule has 5 rings (SSSR count). The highest BCUT2D eigenvalue weighted by atomic mass is 79.9. The highest BCUT2D eigenvalue weighted by molar-refractivity contribution is 9.11. The molecule has 3 aliphatic heterocycles. The number of rotatable bonds is 9. The number of halogens is 1. The van der Waals surface area contributed by atoms with Crippen molar-refractivity contribution in [3.05, 3.63) is 82.5 Å². The van der Waals surface area contributed by atoms with Crippen LogP contribution in [0.3, 0.4) is 0 Å². The molecule has 8 nitrogen and oxygen atoms in total.